The zero-order chi connectivity index (χ0) is 15.5. The molecule has 0 saturated heterocycles. The molecule has 7 heteroatoms. The Bertz CT molecular complexity index is 857. The third-order valence-corrected chi connectivity index (χ3v) is 3.11. The number of aromatic carboxylic acids is 1. The minimum Gasteiger partial charge on any atom is -0.478 e. The van der Waals surface area contributed by atoms with Gasteiger partial charge < -0.3 is 10.4 Å². The molecule has 0 aliphatic carbocycles. The molecule has 1 aromatic heterocycles. The summed E-state index contributed by atoms with van der Waals surface area (Å²) < 4.78 is 1.49. The highest BCUT2D eigenvalue weighted by atomic mass is 16.4. The van der Waals surface area contributed by atoms with Crippen molar-refractivity contribution in [1.29, 1.82) is 0 Å². The molecule has 2 aromatic carbocycles. The second kappa shape index (κ2) is 5.65. The summed E-state index contributed by atoms with van der Waals surface area (Å²) in [7, 11) is 0. The average Bonchev–Trinajstić information content (AvgIpc) is 2.91. The van der Waals surface area contributed by atoms with Crippen LogP contribution in [0.1, 0.15) is 10.4 Å². The Morgan fingerprint density at radius 1 is 1.14 bits per heavy atom. The average molecular weight is 296 g/mol. The zero-order valence-corrected chi connectivity index (χ0v) is 11.4. The highest BCUT2D eigenvalue weighted by molar-refractivity contribution is 5.94. The molecule has 7 nitrogen and oxygen atoms in total. The normalized spacial score (nSPS) is 10.5. The van der Waals surface area contributed by atoms with Gasteiger partial charge in [-0.25, -0.2) is 9.48 Å². The minimum absolute atomic E-state index is 0.00217. The first kappa shape index (κ1) is 13.7. The molecule has 2 N–H and O–H groups in total. The first-order valence-corrected chi connectivity index (χ1v) is 6.55. The van der Waals surface area contributed by atoms with Crippen LogP contribution in [0.4, 0.5) is 5.69 Å². The van der Waals surface area contributed by atoms with Crippen molar-refractivity contribution in [2.75, 3.05) is 5.32 Å². The van der Waals surface area contributed by atoms with Crippen molar-refractivity contribution in [3.8, 4) is 0 Å². The number of carboxylic acid groups (broad SMARTS) is 1. The molecule has 0 fully saturated rings. The van der Waals surface area contributed by atoms with E-state index in [4.69, 9.17) is 5.11 Å². The summed E-state index contributed by atoms with van der Waals surface area (Å²) in [6.07, 6.45) is 0. The second-order valence-corrected chi connectivity index (χ2v) is 4.67. The van der Waals surface area contributed by atoms with Gasteiger partial charge in [0.15, 0.2) is 0 Å². The van der Waals surface area contributed by atoms with E-state index in [0.717, 1.165) is 5.52 Å². The molecule has 3 rings (SSSR count). The Morgan fingerprint density at radius 3 is 2.77 bits per heavy atom. The highest BCUT2D eigenvalue weighted by Crippen LogP contribution is 2.12. The van der Waals surface area contributed by atoms with Gasteiger partial charge in [0, 0.05) is 5.69 Å². The van der Waals surface area contributed by atoms with Crippen LogP contribution in [0, 0.1) is 0 Å². The number of hydrogen-bond donors (Lipinski definition) is 2. The Hall–Kier alpha value is -3.22. The maximum Gasteiger partial charge on any atom is 0.335 e. The van der Waals surface area contributed by atoms with Crippen molar-refractivity contribution >= 4 is 28.6 Å². The predicted octanol–water partition coefficient (Wildman–Crippen LogP) is 1.77. The SMILES string of the molecule is O=C(Cn1nnc2ccccc21)Nc1cccc(C(=O)O)c1. The molecule has 0 atom stereocenters. The Labute approximate surface area is 125 Å². The molecular formula is C15H12N4O3. The number of carbonyl (C=O) groups excluding carboxylic acids is 1. The van der Waals surface area contributed by atoms with Gasteiger partial charge in [-0.05, 0) is 30.3 Å². The van der Waals surface area contributed by atoms with Crippen molar-refractivity contribution in [2.45, 2.75) is 6.54 Å². The van der Waals surface area contributed by atoms with Gasteiger partial charge >= 0.3 is 5.97 Å². The van der Waals surface area contributed by atoms with E-state index in [1.165, 1.54) is 16.8 Å². The van der Waals surface area contributed by atoms with Crippen LogP contribution in [0.2, 0.25) is 0 Å². The molecule has 1 amide bonds. The van der Waals surface area contributed by atoms with Gasteiger partial charge in [-0.1, -0.05) is 23.4 Å². The number of benzene rings is 2. The smallest absolute Gasteiger partial charge is 0.335 e. The number of hydrogen-bond acceptors (Lipinski definition) is 4. The van der Waals surface area contributed by atoms with Gasteiger partial charge in [-0.2, -0.15) is 0 Å². The zero-order valence-electron chi connectivity index (χ0n) is 11.4. The summed E-state index contributed by atoms with van der Waals surface area (Å²) in [5.74, 6) is -1.35. The number of para-hydroxylation sites is 1. The summed E-state index contributed by atoms with van der Waals surface area (Å²) in [5.41, 5.74) is 2.01. The fourth-order valence-corrected chi connectivity index (χ4v) is 2.10. The number of aromatic nitrogens is 3. The number of nitrogens with zero attached hydrogens (tertiary/aromatic N) is 3. The number of rotatable bonds is 4. The van der Waals surface area contributed by atoms with Gasteiger partial charge in [0.05, 0.1) is 11.1 Å². The summed E-state index contributed by atoms with van der Waals surface area (Å²) in [5, 5.41) is 19.5. The van der Waals surface area contributed by atoms with Crippen LogP contribution in [0.3, 0.4) is 0 Å². The molecule has 110 valence electrons. The standard InChI is InChI=1S/C15H12N4O3/c20-14(16-11-5-3-4-10(8-11)15(21)22)9-19-13-7-2-1-6-12(13)17-18-19/h1-8H,9H2,(H,16,20)(H,21,22). The molecule has 0 bridgehead atoms. The van der Waals surface area contributed by atoms with Crippen LogP contribution in [-0.4, -0.2) is 32.0 Å². The molecule has 0 radical (unpaired) electrons. The van der Waals surface area contributed by atoms with E-state index in [1.807, 2.05) is 24.3 Å². The first-order valence-electron chi connectivity index (χ1n) is 6.55. The van der Waals surface area contributed by atoms with E-state index < -0.39 is 5.97 Å². The van der Waals surface area contributed by atoms with E-state index in [-0.39, 0.29) is 18.0 Å². The molecule has 0 spiro atoms. The molecule has 3 aromatic rings. The predicted molar refractivity (Wildman–Crippen MR) is 79.6 cm³/mol. The van der Waals surface area contributed by atoms with Crippen molar-refractivity contribution in [3.63, 3.8) is 0 Å². The molecule has 1 heterocycles. The fourth-order valence-electron chi connectivity index (χ4n) is 2.10. The van der Waals surface area contributed by atoms with Crippen LogP contribution >= 0.6 is 0 Å². The van der Waals surface area contributed by atoms with E-state index in [2.05, 4.69) is 15.6 Å². The molecule has 0 aliphatic heterocycles. The molecule has 0 unspecified atom stereocenters. The van der Waals surface area contributed by atoms with Crippen LogP contribution in [0.5, 0.6) is 0 Å². The maximum absolute atomic E-state index is 12.1. The van der Waals surface area contributed by atoms with E-state index in [0.29, 0.717) is 11.2 Å². The Morgan fingerprint density at radius 2 is 1.95 bits per heavy atom. The summed E-state index contributed by atoms with van der Waals surface area (Å²) in [6, 6.07) is 13.4. The number of carboxylic acids is 1. The first-order chi connectivity index (χ1) is 10.6. The number of nitrogens with one attached hydrogen (secondary N) is 1. The molecular weight excluding hydrogens is 284 g/mol. The van der Waals surface area contributed by atoms with Crippen molar-refractivity contribution in [2.24, 2.45) is 0 Å². The molecule has 0 saturated carbocycles. The van der Waals surface area contributed by atoms with Gasteiger partial charge in [0.1, 0.15) is 12.1 Å². The van der Waals surface area contributed by atoms with Crippen molar-refractivity contribution in [3.05, 3.63) is 54.1 Å². The molecule has 0 aliphatic rings. The van der Waals surface area contributed by atoms with E-state index in [1.54, 1.807) is 12.1 Å². The van der Waals surface area contributed by atoms with Crippen molar-refractivity contribution < 1.29 is 14.7 Å². The minimum atomic E-state index is -1.04. The van der Waals surface area contributed by atoms with Gasteiger partial charge in [0.25, 0.3) is 0 Å². The van der Waals surface area contributed by atoms with E-state index >= 15 is 0 Å². The lowest BCUT2D eigenvalue weighted by Gasteiger charge is -2.06. The van der Waals surface area contributed by atoms with Crippen LogP contribution < -0.4 is 5.32 Å². The van der Waals surface area contributed by atoms with Crippen molar-refractivity contribution in [1.82, 2.24) is 15.0 Å². The Balaban J connectivity index is 1.75. The molecule has 22 heavy (non-hydrogen) atoms. The summed E-state index contributed by atoms with van der Waals surface area (Å²) in [6.45, 7) is -0.00217. The van der Waals surface area contributed by atoms with Gasteiger partial charge in [0.2, 0.25) is 5.91 Å². The number of amides is 1. The Kier molecular flexibility index (Phi) is 3.53. The quantitative estimate of drug-likeness (QED) is 0.764. The number of fused-ring (bicyclic) bond motifs is 1. The summed E-state index contributed by atoms with van der Waals surface area (Å²) in [4.78, 5) is 23.0. The summed E-state index contributed by atoms with van der Waals surface area (Å²) >= 11 is 0. The number of anilines is 1. The topological polar surface area (TPSA) is 97.1 Å². The van der Waals surface area contributed by atoms with Gasteiger partial charge in [-0.15, -0.1) is 5.10 Å². The van der Waals surface area contributed by atoms with Crippen LogP contribution in [-0.2, 0) is 11.3 Å². The fraction of sp³-hybridized carbons (Fsp3) is 0.0667. The lowest BCUT2D eigenvalue weighted by atomic mass is 10.2. The monoisotopic (exact) mass is 296 g/mol. The van der Waals surface area contributed by atoms with Crippen LogP contribution in [0.25, 0.3) is 11.0 Å². The second-order valence-electron chi connectivity index (χ2n) is 4.67. The largest absolute Gasteiger partial charge is 0.478 e. The maximum atomic E-state index is 12.1. The number of carbonyl (C=O) groups is 2. The third-order valence-electron chi connectivity index (χ3n) is 3.11. The van der Waals surface area contributed by atoms with Crippen LogP contribution in [0.15, 0.2) is 48.5 Å². The lowest BCUT2D eigenvalue weighted by molar-refractivity contribution is -0.116. The lowest BCUT2D eigenvalue weighted by Crippen LogP contribution is -2.19. The van der Waals surface area contributed by atoms with E-state index in [9.17, 15) is 9.59 Å². The van der Waals surface area contributed by atoms with Gasteiger partial charge in [-0.3, -0.25) is 4.79 Å². The third kappa shape index (κ3) is 2.78. The highest BCUT2D eigenvalue weighted by Gasteiger charge is 2.10.